The molecule has 0 atom stereocenters. The Kier molecular flexibility index (Phi) is 5.15. The summed E-state index contributed by atoms with van der Waals surface area (Å²) in [7, 11) is -3.61. The Morgan fingerprint density at radius 1 is 1.39 bits per heavy atom. The van der Waals surface area contributed by atoms with Crippen molar-refractivity contribution in [2.45, 2.75) is 24.7 Å². The number of nitrogens with two attached hydrogens (primary N) is 1. The molecule has 0 spiro atoms. The Balaban J connectivity index is 2.68. The van der Waals surface area contributed by atoms with Gasteiger partial charge in [-0.3, -0.25) is 4.79 Å². The molecule has 18 heavy (non-hydrogen) atoms. The lowest BCUT2D eigenvalue weighted by atomic mass is 10.3. The van der Waals surface area contributed by atoms with Crippen molar-refractivity contribution in [2.75, 3.05) is 18.0 Å². The van der Waals surface area contributed by atoms with Crippen LogP contribution in [-0.2, 0) is 14.6 Å². The monoisotopic (exact) mass is 270 g/mol. The van der Waals surface area contributed by atoms with Gasteiger partial charge in [-0.15, -0.1) is 0 Å². The van der Waals surface area contributed by atoms with Crippen molar-refractivity contribution in [3.05, 3.63) is 24.3 Å². The van der Waals surface area contributed by atoms with Crippen LogP contribution in [0.2, 0.25) is 0 Å². The molecule has 0 radical (unpaired) electrons. The summed E-state index contributed by atoms with van der Waals surface area (Å²) in [4.78, 5) is 11.5. The van der Waals surface area contributed by atoms with E-state index in [1.807, 2.05) is 6.92 Å². The number of benzene rings is 1. The first-order valence-electron chi connectivity index (χ1n) is 5.80. The van der Waals surface area contributed by atoms with E-state index < -0.39 is 21.5 Å². The van der Waals surface area contributed by atoms with Gasteiger partial charge in [0, 0.05) is 12.2 Å². The Morgan fingerprint density at radius 3 is 2.72 bits per heavy atom. The maximum Gasteiger partial charge on any atom is 0.235 e. The summed E-state index contributed by atoms with van der Waals surface area (Å²) in [6.45, 7) is 2.50. The Bertz CT molecular complexity index is 512. The van der Waals surface area contributed by atoms with Gasteiger partial charge in [-0.1, -0.05) is 19.4 Å². The highest BCUT2D eigenvalue weighted by atomic mass is 32.2. The number of nitrogen functional groups attached to an aromatic ring is 1. The highest BCUT2D eigenvalue weighted by Crippen LogP contribution is 2.14. The number of hydrogen-bond donors (Lipinski definition) is 2. The first kappa shape index (κ1) is 14.5. The molecule has 6 heteroatoms. The van der Waals surface area contributed by atoms with Crippen LogP contribution in [0, 0.1) is 0 Å². The first-order valence-corrected chi connectivity index (χ1v) is 7.46. The summed E-state index contributed by atoms with van der Waals surface area (Å²) in [6.07, 6.45) is 1.78. The molecule has 1 rings (SSSR count). The van der Waals surface area contributed by atoms with E-state index in [1.165, 1.54) is 12.1 Å². The van der Waals surface area contributed by atoms with Crippen molar-refractivity contribution in [3.63, 3.8) is 0 Å². The van der Waals surface area contributed by atoms with Crippen LogP contribution in [0.3, 0.4) is 0 Å². The van der Waals surface area contributed by atoms with E-state index in [0.29, 0.717) is 12.2 Å². The molecule has 1 aromatic carbocycles. The fraction of sp³-hybridized carbons (Fsp3) is 0.417. The first-order chi connectivity index (χ1) is 8.45. The lowest BCUT2D eigenvalue weighted by molar-refractivity contribution is -0.118. The SMILES string of the molecule is CCCCNC(=O)CS(=O)(=O)c1cccc(N)c1. The maximum absolute atomic E-state index is 11.9. The second kappa shape index (κ2) is 6.39. The fourth-order valence-corrected chi connectivity index (χ4v) is 2.63. The Morgan fingerprint density at radius 2 is 2.11 bits per heavy atom. The maximum atomic E-state index is 11.9. The standard InChI is InChI=1S/C12H18N2O3S/c1-2-3-7-14-12(15)9-18(16,17)11-6-4-5-10(13)8-11/h4-6,8H,2-3,7,9,13H2,1H3,(H,14,15). The van der Waals surface area contributed by atoms with Gasteiger partial charge in [0.1, 0.15) is 5.75 Å². The normalized spacial score (nSPS) is 11.2. The van der Waals surface area contributed by atoms with Crippen LogP contribution in [0.25, 0.3) is 0 Å². The minimum Gasteiger partial charge on any atom is -0.399 e. The summed E-state index contributed by atoms with van der Waals surface area (Å²) < 4.78 is 23.8. The van der Waals surface area contributed by atoms with E-state index in [4.69, 9.17) is 5.73 Å². The Hall–Kier alpha value is -1.56. The zero-order valence-corrected chi connectivity index (χ0v) is 11.2. The van der Waals surface area contributed by atoms with Gasteiger partial charge in [0.2, 0.25) is 5.91 Å². The van der Waals surface area contributed by atoms with Gasteiger partial charge in [-0.05, 0) is 24.6 Å². The molecule has 1 aromatic rings. The quantitative estimate of drug-likeness (QED) is 0.595. The van der Waals surface area contributed by atoms with E-state index in [2.05, 4.69) is 5.32 Å². The number of anilines is 1. The van der Waals surface area contributed by atoms with Crippen LogP contribution in [0.1, 0.15) is 19.8 Å². The number of rotatable bonds is 6. The molecule has 0 saturated carbocycles. The minimum atomic E-state index is -3.61. The van der Waals surface area contributed by atoms with Crippen molar-refractivity contribution >= 4 is 21.4 Å². The molecule has 0 aliphatic carbocycles. The summed E-state index contributed by atoms with van der Waals surface area (Å²) in [6, 6.07) is 5.94. The highest BCUT2D eigenvalue weighted by molar-refractivity contribution is 7.92. The number of unbranched alkanes of at least 4 members (excludes halogenated alkanes) is 1. The van der Waals surface area contributed by atoms with E-state index in [0.717, 1.165) is 12.8 Å². The van der Waals surface area contributed by atoms with Crippen LogP contribution in [-0.4, -0.2) is 26.6 Å². The molecule has 5 nitrogen and oxygen atoms in total. The average molecular weight is 270 g/mol. The molecule has 0 aromatic heterocycles. The molecular formula is C12H18N2O3S. The molecule has 0 saturated heterocycles. The summed E-state index contributed by atoms with van der Waals surface area (Å²) in [5.74, 6) is -1.02. The van der Waals surface area contributed by atoms with Crippen LogP contribution in [0.5, 0.6) is 0 Å². The molecule has 3 N–H and O–H groups in total. The predicted octanol–water partition coefficient (Wildman–Crippen LogP) is 0.959. The molecule has 0 aliphatic rings. The van der Waals surface area contributed by atoms with E-state index in [-0.39, 0.29) is 4.90 Å². The van der Waals surface area contributed by atoms with Crippen LogP contribution >= 0.6 is 0 Å². The summed E-state index contributed by atoms with van der Waals surface area (Å²) >= 11 is 0. The minimum absolute atomic E-state index is 0.0770. The fourth-order valence-electron chi connectivity index (χ4n) is 1.42. The van der Waals surface area contributed by atoms with Gasteiger partial charge in [-0.25, -0.2) is 8.42 Å². The lowest BCUT2D eigenvalue weighted by Crippen LogP contribution is -2.31. The predicted molar refractivity (Wildman–Crippen MR) is 70.8 cm³/mol. The number of hydrogen-bond acceptors (Lipinski definition) is 4. The molecule has 0 fully saturated rings. The molecular weight excluding hydrogens is 252 g/mol. The largest absolute Gasteiger partial charge is 0.399 e. The molecule has 0 unspecified atom stereocenters. The Labute approximate surface area is 107 Å². The van der Waals surface area contributed by atoms with Gasteiger partial charge >= 0.3 is 0 Å². The zero-order chi connectivity index (χ0) is 13.6. The van der Waals surface area contributed by atoms with E-state index in [9.17, 15) is 13.2 Å². The van der Waals surface area contributed by atoms with Gasteiger partial charge in [0.25, 0.3) is 0 Å². The highest BCUT2D eigenvalue weighted by Gasteiger charge is 2.19. The van der Waals surface area contributed by atoms with Crippen molar-refractivity contribution in [1.29, 1.82) is 0 Å². The van der Waals surface area contributed by atoms with Gasteiger partial charge in [0.15, 0.2) is 9.84 Å². The van der Waals surface area contributed by atoms with Crippen molar-refractivity contribution < 1.29 is 13.2 Å². The third-order valence-corrected chi connectivity index (χ3v) is 4.01. The number of carbonyl (C=O) groups excluding carboxylic acids is 1. The van der Waals surface area contributed by atoms with E-state index >= 15 is 0 Å². The second-order valence-corrected chi connectivity index (χ2v) is 6.02. The van der Waals surface area contributed by atoms with Crippen LogP contribution < -0.4 is 11.1 Å². The van der Waals surface area contributed by atoms with Crippen LogP contribution in [0.4, 0.5) is 5.69 Å². The number of sulfone groups is 1. The van der Waals surface area contributed by atoms with Crippen molar-refractivity contribution in [1.82, 2.24) is 5.32 Å². The summed E-state index contributed by atoms with van der Waals surface area (Å²) in [5, 5.41) is 2.57. The molecule has 0 bridgehead atoms. The summed E-state index contributed by atoms with van der Waals surface area (Å²) in [5.41, 5.74) is 5.88. The molecule has 0 aliphatic heterocycles. The molecule has 1 amide bonds. The zero-order valence-electron chi connectivity index (χ0n) is 10.3. The number of nitrogens with one attached hydrogen (secondary N) is 1. The number of carbonyl (C=O) groups is 1. The average Bonchev–Trinajstić information content (AvgIpc) is 2.28. The third-order valence-electron chi connectivity index (χ3n) is 2.39. The van der Waals surface area contributed by atoms with Gasteiger partial charge < -0.3 is 11.1 Å². The van der Waals surface area contributed by atoms with E-state index in [1.54, 1.807) is 12.1 Å². The topological polar surface area (TPSA) is 89.3 Å². The van der Waals surface area contributed by atoms with Crippen LogP contribution in [0.15, 0.2) is 29.2 Å². The smallest absolute Gasteiger partial charge is 0.235 e. The lowest BCUT2D eigenvalue weighted by Gasteiger charge is -2.06. The molecule has 0 heterocycles. The van der Waals surface area contributed by atoms with Crippen molar-refractivity contribution in [2.24, 2.45) is 0 Å². The van der Waals surface area contributed by atoms with Gasteiger partial charge in [-0.2, -0.15) is 0 Å². The molecule has 100 valence electrons. The van der Waals surface area contributed by atoms with Crippen molar-refractivity contribution in [3.8, 4) is 0 Å². The second-order valence-electron chi connectivity index (χ2n) is 4.04. The third kappa shape index (κ3) is 4.37. The van der Waals surface area contributed by atoms with Gasteiger partial charge in [0.05, 0.1) is 4.90 Å². The number of amides is 1.